The van der Waals surface area contributed by atoms with E-state index in [1.54, 1.807) is 0 Å². The SMILES string of the molecule is Cl.Cl.NC1(C(=O)N2CCC(N3CCCCC3)CC2)CCCCC1. The minimum Gasteiger partial charge on any atom is -0.341 e. The third-order valence-corrected chi connectivity index (χ3v) is 5.83. The first-order chi connectivity index (χ1) is 10.2. The van der Waals surface area contributed by atoms with Crippen LogP contribution in [0.3, 0.4) is 0 Å². The van der Waals surface area contributed by atoms with E-state index in [-0.39, 0.29) is 30.7 Å². The highest BCUT2D eigenvalue weighted by atomic mass is 35.5. The van der Waals surface area contributed by atoms with Crippen molar-refractivity contribution >= 4 is 30.7 Å². The summed E-state index contributed by atoms with van der Waals surface area (Å²) in [6.07, 6.45) is 11.6. The first-order valence-corrected chi connectivity index (χ1v) is 9.01. The Morgan fingerprint density at radius 3 is 1.91 bits per heavy atom. The molecule has 0 aromatic rings. The van der Waals surface area contributed by atoms with Crippen molar-refractivity contribution in [3.63, 3.8) is 0 Å². The largest absolute Gasteiger partial charge is 0.341 e. The Labute approximate surface area is 153 Å². The molecule has 23 heavy (non-hydrogen) atoms. The fraction of sp³-hybridized carbons (Fsp3) is 0.941. The predicted octanol–water partition coefficient (Wildman–Crippen LogP) is 2.97. The van der Waals surface area contributed by atoms with Gasteiger partial charge in [-0.05, 0) is 51.6 Å². The molecule has 1 aliphatic carbocycles. The first-order valence-electron chi connectivity index (χ1n) is 9.01. The lowest BCUT2D eigenvalue weighted by molar-refractivity contribution is -0.140. The molecular weight excluding hydrogens is 333 g/mol. The van der Waals surface area contributed by atoms with Gasteiger partial charge in [-0.15, -0.1) is 24.8 Å². The van der Waals surface area contributed by atoms with Crippen LogP contribution in [0, 0.1) is 0 Å². The zero-order chi connectivity index (χ0) is 14.7. The van der Waals surface area contributed by atoms with E-state index in [0.717, 1.165) is 51.6 Å². The average Bonchev–Trinajstić information content (AvgIpc) is 2.56. The number of hydrogen-bond donors (Lipinski definition) is 1. The van der Waals surface area contributed by atoms with E-state index < -0.39 is 5.54 Å². The van der Waals surface area contributed by atoms with E-state index in [0.29, 0.717) is 6.04 Å². The predicted molar refractivity (Wildman–Crippen MR) is 99.5 cm³/mol. The van der Waals surface area contributed by atoms with Gasteiger partial charge in [0.1, 0.15) is 0 Å². The number of halogens is 2. The Bertz CT molecular complexity index is 361. The highest BCUT2D eigenvalue weighted by molar-refractivity contribution is 5.86. The molecule has 3 rings (SSSR count). The number of amides is 1. The Kier molecular flexibility index (Phi) is 8.64. The fourth-order valence-corrected chi connectivity index (χ4v) is 4.43. The first kappa shape index (κ1) is 21.0. The molecule has 0 aromatic heterocycles. The smallest absolute Gasteiger partial charge is 0.242 e. The third kappa shape index (κ3) is 4.97. The van der Waals surface area contributed by atoms with Crippen molar-refractivity contribution in [1.29, 1.82) is 0 Å². The van der Waals surface area contributed by atoms with Crippen molar-refractivity contribution in [2.75, 3.05) is 26.2 Å². The molecule has 6 heteroatoms. The fourth-order valence-electron chi connectivity index (χ4n) is 4.43. The van der Waals surface area contributed by atoms with Crippen LogP contribution in [-0.4, -0.2) is 53.5 Å². The summed E-state index contributed by atoms with van der Waals surface area (Å²) in [5, 5.41) is 0. The minimum absolute atomic E-state index is 0. The normalized spacial score (nSPS) is 26.0. The van der Waals surface area contributed by atoms with Gasteiger partial charge in [0.15, 0.2) is 0 Å². The van der Waals surface area contributed by atoms with Crippen molar-refractivity contribution < 1.29 is 4.79 Å². The molecule has 1 saturated carbocycles. The summed E-state index contributed by atoms with van der Waals surface area (Å²) in [6.45, 7) is 4.36. The van der Waals surface area contributed by atoms with Crippen LogP contribution in [0.25, 0.3) is 0 Å². The number of carbonyl (C=O) groups is 1. The van der Waals surface area contributed by atoms with Gasteiger partial charge in [0.25, 0.3) is 0 Å². The number of likely N-dealkylation sites (tertiary alicyclic amines) is 2. The van der Waals surface area contributed by atoms with Crippen LogP contribution in [0.15, 0.2) is 0 Å². The van der Waals surface area contributed by atoms with E-state index in [9.17, 15) is 4.79 Å². The van der Waals surface area contributed by atoms with Gasteiger partial charge in [0, 0.05) is 19.1 Å². The summed E-state index contributed by atoms with van der Waals surface area (Å²) in [5.74, 6) is 0.235. The van der Waals surface area contributed by atoms with Crippen LogP contribution in [0.2, 0.25) is 0 Å². The molecule has 4 nitrogen and oxygen atoms in total. The van der Waals surface area contributed by atoms with Crippen LogP contribution in [-0.2, 0) is 4.79 Å². The van der Waals surface area contributed by atoms with Crippen molar-refractivity contribution in [1.82, 2.24) is 9.80 Å². The lowest BCUT2D eigenvalue weighted by Crippen LogP contribution is -2.59. The van der Waals surface area contributed by atoms with E-state index in [1.165, 1.54) is 38.8 Å². The molecule has 136 valence electrons. The molecule has 0 radical (unpaired) electrons. The molecule has 0 atom stereocenters. The topological polar surface area (TPSA) is 49.6 Å². The second-order valence-corrected chi connectivity index (χ2v) is 7.34. The lowest BCUT2D eigenvalue weighted by Gasteiger charge is -2.43. The Hall–Kier alpha value is -0.0300. The zero-order valence-electron chi connectivity index (χ0n) is 14.2. The number of hydrogen-bond acceptors (Lipinski definition) is 3. The minimum atomic E-state index is -0.545. The second-order valence-electron chi connectivity index (χ2n) is 7.34. The number of rotatable bonds is 2. The average molecular weight is 366 g/mol. The third-order valence-electron chi connectivity index (χ3n) is 5.83. The van der Waals surface area contributed by atoms with Gasteiger partial charge in [0.05, 0.1) is 5.54 Å². The van der Waals surface area contributed by atoms with E-state index in [4.69, 9.17) is 5.73 Å². The number of piperidine rings is 2. The van der Waals surface area contributed by atoms with Crippen LogP contribution >= 0.6 is 24.8 Å². The quantitative estimate of drug-likeness (QED) is 0.818. The molecule has 2 saturated heterocycles. The van der Waals surface area contributed by atoms with Crippen molar-refractivity contribution in [3.8, 4) is 0 Å². The molecular formula is C17H33Cl2N3O. The Balaban J connectivity index is 0.00000132. The van der Waals surface area contributed by atoms with Crippen LogP contribution in [0.1, 0.15) is 64.2 Å². The van der Waals surface area contributed by atoms with E-state index in [2.05, 4.69) is 9.80 Å². The van der Waals surface area contributed by atoms with Crippen LogP contribution in [0.5, 0.6) is 0 Å². The summed E-state index contributed by atoms with van der Waals surface area (Å²) in [4.78, 5) is 17.5. The molecule has 0 spiro atoms. The molecule has 1 amide bonds. The van der Waals surface area contributed by atoms with Crippen molar-refractivity contribution in [2.45, 2.75) is 75.8 Å². The highest BCUT2D eigenvalue weighted by Crippen LogP contribution is 2.29. The lowest BCUT2D eigenvalue weighted by atomic mass is 9.81. The van der Waals surface area contributed by atoms with Gasteiger partial charge in [0.2, 0.25) is 5.91 Å². The molecule has 3 aliphatic rings. The van der Waals surface area contributed by atoms with E-state index >= 15 is 0 Å². The number of nitrogens with zero attached hydrogens (tertiary/aromatic N) is 2. The molecule has 0 aromatic carbocycles. The summed E-state index contributed by atoms with van der Waals surface area (Å²) >= 11 is 0. The van der Waals surface area contributed by atoms with Gasteiger partial charge < -0.3 is 15.5 Å². The van der Waals surface area contributed by atoms with Gasteiger partial charge in [-0.1, -0.05) is 25.7 Å². The summed E-state index contributed by atoms with van der Waals surface area (Å²) in [5.41, 5.74) is 5.86. The van der Waals surface area contributed by atoms with Gasteiger partial charge in [-0.3, -0.25) is 4.79 Å². The molecule has 2 heterocycles. The standard InChI is InChI=1S/C17H31N3O.2ClH/c18-17(9-3-1-4-10-17)16(21)20-13-7-15(8-14-20)19-11-5-2-6-12-19;;/h15H,1-14,18H2;2*1H. The van der Waals surface area contributed by atoms with Crippen LogP contribution in [0.4, 0.5) is 0 Å². The molecule has 2 aliphatic heterocycles. The molecule has 3 fully saturated rings. The van der Waals surface area contributed by atoms with Gasteiger partial charge in [-0.25, -0.2) is 0 Å². The number of carbonyl (C=O) groups excluding carboxylic acids is 1. The maximum atomic E-state index is 12.7. The Morgan fingerprint density at radius 1 is 0.826 bits per heavy atom. The maximum Gasteiger partial charge on any atom is 0.242 e. The summed E-state index contributed by atoms with van der Waals surface area (Å²) < 4.78 is 0. The van der Waals surface area contributed by atoms with Gasteiger partial charge >= 0.3 is 0 Å². The Morgan fingerprint density at radius 2 is 1.35 bits per heavy atom. The summed E-state index contributed by atoms with van der Waals surface area (Å²) in [7, 11) is 0. The monoisotopic (exact) mass is 365 g/mol. The molecule has 0 unspecified atom stereocenters. The van der Waals surface area contributed by atoms with Crippen LogP contribution < -0.4 is 5.73 Å². The number of nitrogens with two attached hydrogens (primary N) is 1. The molecule has 0 bridgehead atoms. The second kappa shape index (κ2) is 9.45. The van der Waals surface area contributed by atoms with Crippen molar-refractivity contribution in [3.05, 3.63) is 0 Å². The highest BCUT2D eigenvalue weighted by Gasteiger charge is 2.39. The van der Waals surface area contributed by atoms with E-state index in [1.807, 2.05) is 0 Å². The maximum absolute atomic E-state index is 12.7. The van der Waals surface area contributed by atoms with Gasteiger partial charge in [-0.2, -0.15) is 0 Å². The molecule has 2 N–H and O–H groups in total. The van der Waals surface area contributed by atoms with Crippen molar-refractivity contribution in [2.24, 2.45) is 5.73 Å². The summed E-state index contributed by atoms with van der Waals surface area (Å²) in [6, 6.07) is 0.703. The zero-order valence-corrected chi connectivity index (χ0v) is 15.8.